The summed E-state index contributed by atoms with van der Waals surface area (Å²) < 4.78 is 0.619. The average molecular weight is 285 g/mol. The number of halogens is 1. The van der Waals surface area contributed by atoms with Gasteiger partial charge in [-0.15, -0.1) is 0 Å². The van der Waals surface area contributed by atoms with Gasteiger partial charge >= 0.3 is 0 Å². The zero-order chi connectivity index (χ0) is 11.3. The molecule has 0 heterocycles. The molecular weight excluding hydrogens is 276 g/mol. The van der Waals surface area contributed by atoms with Gasteiger partial charge in [0, 0.05) is 12.5 Å². The maximum Gasteiger partial charge on any atom is 0.186 e. The first-order chi connectivity index (χ1) is 7.09. The summed E-state index contributed by atoms with van der Waals surface area (Å²) in [6.07, 6.45) is 0. The molecule has 2 nitrogen and oxygen atoms in total. The summed E-state index contributed by atoms with van der Waals surface area (Å²) >= 11 is 4.39. The Labute approximate surface area is 101 Å². The van der Waals surface area contributed by atoms with Crippen LogP contribution in [-0.2, 0) is 4.79 Å². The highest BCUT2D eigenvalue weighted by Gasteiger charge is 1.96. The van der Waals surface area contributed by atoms with Gasteiger partial charge in [-0.2, -0.15) is 0 Å². The zero-order valence-electron chi connectivity index (χ0n) is 8.08. The molecule has 0 aliphatic carbocycles. The van der Waals surface area contributed by atoms with Gasteiger partial charge in [0.05, 0.1) is 10.2 Å². The standard InChI is InChI=1S/C11H9BrO2S/c1-8(13)15-6-2-3-9-4-5-11(14)10(12)7-9/h4-5,7,14H,6H2,1H3. The molecular formula is C11H9BrO2S. The molecule has 78 valence electrons. The van der Waals surface area contributed by atoms with Crippen LogP contribution >= 0.6 is 27.7 Å². The molecule has 0 bridgehead atoms. The van der Waals surface area contributed by atoms with Crippen LogP contribution in [-0.4, -0.2) is 16.0 Å². The van der Waals surface area contributed by atoms with Crippen LogP contribution in [0, 0.1) is 11.8 Å². The van der Waals surface area contributed by atoms with E-state index in [0.717, 1.165) is 5.56 Å². The molecule has 0 spiro atoms. The van der Waals surface area contributed by atoms with Crippen molar-refractivity contribution in [2.24, 2.45) is 0 Å². The molecule has 0 fully saturated rings. The SMILES string of the molecule is CC(=O)SCC#Cc1ccc(O)c(Br)c1. The second-order valence-corrected chi connectivity index (χ2v) is 4.75. The predicted octanol–water partition coefficient (Wildman–Crippen LogP) is 2.79. The fourth-order valence-corrected chi connectivity index (χ4v) is 1.59. The van der Waals surface area contributed by atoms with Crippen LogP contribution in [0.15, 0.2) is 22.7 Å². The largest absolute Gasteiger partial charge is 0.507 e. The minimum atomic E-state index is 0.0659. The van der Waals surface area contributed by atoms with E-state index in [0.29, 0.717) is 10.2 Å². The van der Waals surface area contributed by atoms with Crippen LogP contribution in [0.25, 0.3) is 0 Å². The smallest absolute Gasteiger partial charge is 0.186 e. The fraction of sp³-hybridized carbons (Fsp3) is 0.182. The van der Waals surface area contributed by atoms with Crippen molar-refractivity contribution in [3.8, 4) is 17.6 Å². The van der Waals surface area contributed by atoms with Crippen LogP contribution in [0.4, 0.5) is 0 Å². The lowest BCUT2D eigenvalue weighted by Crippen LogP contribution is -1.82. The normalized spacial score (nSPS) is 9.20. The second kappa shape index (κ2) is 5.84. The summed E-state index contributed by atoms with van der Waals surface area (Å²) in [7, 11) is 0. The van der Waals surface area contributed by atoms with E-state index < -0.39 is 0 Å². The summed E-state index contributed by atoms with van der Waals surface area (Å²) in [5.41, 5.74) is 0.809. The Kier molecular flexibility index (Phi) is 4.73. The van der Waals surface area contributed by atoms with Gasteiger partial charge in [-0.3, -0.25) is 4.79 Å². The maximum atomic E-state index is 10.6. The topological polar surface area (TPSA) is 37.3 Å². The van der Waals surface area contributed by atoms with Crippen molar-refractivity contribution in [2.45, 2.75) is 6.92 Å². The Morgan fingerprint density at radius 1 is 1.60 bits per heavy atom. The summed E-state index contributed by atoms with van der Waals surface area (Å²) in [5, 5.41) is 9.31. The molecule has 0 atom stereocenters. The van der Waals surface area contributed by atoms with E-state index >= 15 is 0 Å². The van der Waals surface area contributed by atoms with Crippen LogP contribution < -0.4 is 0 Å². The molecule has 1 aromatic rings. The predicted molar refractivity (Wildman–Crippen MR) is 65.8 cm³/mol. The first kappa shape index (κ1) is 12.2. The van der Waals surface area contributed by atoms with Crippen molar-refractivity contribution >= 4 is 32.8 Å². The summed E-state index contributed by atoms with van der Waals surface area (Å²) in [6, 6.07) is 5.04. The van der Waals surface area contributed by atoms with Crippen molar-refractivity contribution in [1.29, 1.82) is 0 Å². The van der Waals surface area contributed by atoms with Gasteiger partial charge in [-0.1, -0.05) is 23.6 Å². The Morgan fingerprint density at radius 2 is 2.33 bits per heavy atom. The van der Waals surface area contributed by atoms with E-state index in [2.05, 4.69) is 27.8 Å². The molecule has 0 amide bonds. The molecule has 0 saturated carbocycles. The van der Waals surface area contributed by atoms with Gasteiger partial charge in [-0.05, 0) is 34.1 Å². The zero-order valence-corrected chi connectivity index (χ0v) is 10.5. The van der Waals surface area contributed by atoms with Crippen molar-refractivity contribution in [2.75, 3.05) is 5.75 Å². The van der Waals surface area contributed by atoms with Crippen molar-refractivity contribution in [3.05, 3.63) is 28.2 Å². The van der Waals surface area contributed by atoms with Gasteiger partial charge < -0.3 is 5.11 Å². The Bertz CT molecular complexity index is 432. The van der Waals surface area contributed by atoms with E-state index in [-0.39, 0.29) is 10.9 Å². The molecule has 1 N–H and O–H groups in total. The highest BCUT2D eigenvalue weighted by Crippen LogP contribution is 2.23. The molecule has 1 rings (SSSR count). The van der Waals surface area contributed by atoms with Gasteiger partial charge in [0.1, 0.15) is 5.75 Å². The minimum absolute atomic E-state index is 0.0659. The third-order valence-corrected chi connectivity index (χ3v) is 2.86. The van der Waals surface area contributed by atoms with Crippen LogP contribution in [0.5, 0.6) is 5.75 Å². The quantitative estimate of drug-likeness (QED) is 0.806. The number of hydrogen-bond donors (Lipinski definition) is 1. The third-order valence-electron chi connectivity index (χ3n) is 1.53. The Hall–Kier alpha value is -0.920. The highest BCUT2D eigenvalue weighted by molar-refractivity contribution is 9.10. The van der Waals surface area contributed by atoms with Crippen LogP contribution in [0.3, 0.4) is 0 Å². The van der Waals surface area contributed by atoms with Gasteiger partial charge in [0.25, 0.3) is 0 Å². The third kappa shape index (κ3) is 4.41. The second-order valence-electron chi connectivity index (χ2n) is 2.75. The van der Waals surface area contributed by atoms with Crippen LogP contribution in [0.1, 0.15) is 12.5 Å². The number of hydrogen-bond acceptors (Lipinski definition) is 3. The van der Waals surface area contributed by atoms with Crippen LogP contribution in [0.2, 0.25) is 0 Å². The molecule has 15 heavy (non-hydrogen) atoms. The summed E-state index contributed by atoms with van der Waals surface area (Å²) in [6.45, 7) is 1.52. The lowest BCUT2D eigenvalue weighted by molar-refractivity contribution is -0.109. The summed E-state index contributed by atoms with van der Waals surface area (Å²) in [5.74, 6) is 6.46. The molecule has 0 radical (unpaired) electrons. The monoisotopic (exact) mass is 284 g/mol. The van der Waals surface area contributed by atoms with E-state index in [4.69, 9.17) is 0 Å². The molecule has 0 saturated heterocycles. The molecule has 1 aromatic carbocycles. The molecule has 0 aromatic heterocycles. The van der Waals surface area contributed by atoms with Gasteiger partial charge in [0.15, 0.2) is 5.12 Å². The van der Waals surface area contributed by atoms with Crippen molar-refractivity contribution < 1.29 is 9.90 Å². The van der Waals surface area contributed by atoms with E-state index in [9.17, 15) is 9.90 Å². The van der Waals surface area contributed by atoms with E-state index in [1.54, 1.807) is 18.2 Å². The average Bonchev–Trinajstić information content (AvgIpc) is 2.18. The van der Waals surface area contributed by atoms with Gasteiger partial charge in [0.2, 0.25) is 0 Å². The number of carbonyl (C=O) groups is 1. The molecule has 0 aliphatic rings. The lowest BCUT2D eigenvalue weighted by atomic mass is 10.2. The molecule has 0 aliphatic heterocycles. The number of phenols is 1. The maximum absolute atomic E-state index is 10.6. The van der Waals surface area contributed by atoms with E-state index in [1.807, 2.05) is 0 Å². The first-order valence-corrected chi connectivity index (χ1v) is 5.98. The molecule has 0 unspecified atom stereocenters. The number of aromatic hydroxyl groups is 1. The summed E-state index contributed by atoms with van der Waals surface area (Å²) in [4.78, 5) is 10.6. The number of benzene rings is 1. The fourth-order valence-electron chi connectivity index (χ4n) is 0.861. The highest BCUT2D eigenvalue weighted by atomic mass is 79.9. The first-order valence-electron chi connectivity index (χ1n) is 4.20. The molecule has 4 heteroatoms. The minimum Gasteiger partial charge on any atom is -0.507 e. The lowest BCUT2D eigenvalue weighted by Gasteiger charge is -1.95. The number of phenolic OH excluding ortho intramolecular Hbond substituents is 1. The Balaban J connectivity index is 2.64. The van der Waals surface area contributed by atoms with E-state index in [1.165, 1.54) is 18.7 Å². The number of carbonyl (C=O) groups excluding carboxylic acids is 1. The number of rotatable bonds is 1. The van der Waals surface area contributed by atoms with Crippen molar-refractivity contribution in [1.82, 2.24) is 0 Å². The van der Waals surface area contributed by atoms with Gasteiger partial charge in [-0.25, -0.2) is 0 Å². The number of thioether (sulfide) groups is 1. The Morgan fingerprint density at radius 3 is 2.93 bits per heavy atom. The van der Waals surface area contributed by atoms with Crippen molar-refractivity contribution in [3.63, 3.8) is 0 Å².